The number of thiophene rings is 1. The Balaban J connectivity index is 3.06. The zero-order valence-corrected chi connectivity index (χ0v) is 8.10. The first-order valence-electron chi connectivity index (χ1n) is 3.84. The minimum atomic E-state index is -0.905. The van der Waals surface area contributed by atoms with Crippen LogP contribution in [-0.4, -0.2) is 17.6 Å². The molecule has 0 fully saturated rings. The second-order valence-electron chi connectivity index (χ2n) is 2.79. The summed E-state index contributed by atoms with van der Waals surface area (Å²) in [5.74, 6) is -0.905. The molecule has 0 radical (unpaired) electrons. The van der Waals surface area contributed by atoms with E-state index in [1.165, 1.54) is 11.3 Å². The lowest BCUT2D eigenvalue weighted by Gasteiger charge is -2.07. The van der Waals surface area contributed by atoms with Crippen LogP contribution in [0.5, 0.6) is 0 Å². The van der Waals surface area contributed by atoms with Crippen molar-refractivity contribution in [2.75, 3.05) is 6.54 Å². The van der Waals surface area contributed by atoms with Gasteiger partial charge in [-0.05, 0) is 23.4 Å². The van der Waals surface area contributed by atoms with Crippen molar-refractivity contribution in [2.24, 2.45) is 11.5 Å². The van der Waals surface area contributed by atoms with E-state index in [0.29, 0.717) is 11.4 Å². The van der Waals surface area contributed by atoms with E-state index in [9.17, 15) is 4.79 Å². The molecule has 0 saturated heterocycles. The summed E-state index contributed by atoms with van der Waals surface area (Å²) in [7, 11) is 0. The van der Waals surface area contributed by atoms with Gasteiger partial charge in [0.1, 0.15) is 4.88 Å². The smallest absolute Gasteiger partial charge is 0.346 e. The van der Waals surface area contributed by atoms with Crippen molar-refractivity contribution in [3.05, 3.63) is 21.4 Å². The van der Waals surface area contributed by atoms with Gasteiger partial charge in [0.15, 0.2) is 0 Å². The third kappa shape index (κ3) is 1.88. The average molecular weight is 200 g/mol. The molecular formula is C8H12N2O2S. The molecule has 0 bridgehead atoms. The van der Waals surface area contributed by atoms with Crippen LogP contribution in [0.25, 0.3) is 0 Å². The number of hydrogen-bond acceptors (Lipinski definition) is 4. The predicted molar refractivity (Wildman–Crippen MR) is 52.0 cm³/mol. The number of carbonyl (C=O) groups is 1. The molecule has 1 aromatic rings. The van der Waals surface area contributed by atoms with Crippen molar-refractivity contribution in [1.82, 2.24) is 0 Å². The minimum absolute atomic E-state index is 0.260. The van der Waals surface area contributed by atoms with Crippen LogP contribution in [0.4, 0.5) is 0 Å². The van der Waals surface area contributed by atoms with E-state index in [-0.39, 0.29) is 6.04 Å². The third-order valence-corrected chi connectivity index (χ3v) is 3.01. The van der Waals surface area contributed by atoms with E-state index in [1.807, 2.05) is 0 Å². The number of hydrogen-bond donors (Lipinski definition) is 3. The van der Waals surface area contributed by atoms with Crippen LogP contribution >= 0.6 is 11.3 Å². The Kier molecular flexibility index (Phi) is 3.02. The van der Waals surface area contributed by atoms with Crippen LogP contribution in [0.1, 0.15) is 26.8 Å². The monoisotopic (exact) mass is 200 g/mol. The van der Waals surface area contributed by atoms with Gasteiger partial charge in [-0.3, -0.25) is 0 Å². The first-order valence-corrected chi connectivity index (χ1v) is 4.72. The summed E-state index contributed by atoms with van der Waals surface area (Å²) in [5.41, 5.74) is 12.7. The Morgan fingerprint density at radius 3 is 2.77 bits per heavy atom. The number of rotatable bonds is 3. The molecule has 0 spiro atoms. The molecule has 0 saturated carbocycles. The molecule has 5 N–H and O–H groups in total. The van der Waals surface area contributed by atoms with Crippen molar-refractivity contribution < 1.29 is 9.90 Å². The summed E-state index contributed by atoms with van der Waals surface area (Å²) in [5, 5.41) is 10.5. The van der Waals surface area contributed by atoms with E-state index in [2.05, 4.69) is 0 Å². The summed E-state index contributed by atoms with van der Waals surface area (Å²) < 4.78 is 0. The van der Waals surface area contributed by atoms with Crippen molar-refractivity contribution in [2.45, 2.75) is 13.0 Å². The molecule has 1 rings (SSSR count). The Bertz CT molecular complexity index is 322. The molecule has 0 aliphatic carbocycles. The van der Waals surface area contributed by atoms with Gasteiger partial charge in [-0.1, -0.05) is 0 Å². The topological polar surface area (TPSA) is 89.3 Å². The molecule has 1 atom stereocenters. The summed E-state index contributed by atoms with van der Waals surface area (Å²) in [6.07, 6.45) is 0. The van der Waals surface area contributed by atoms with E-state index >= 15 is 0 Å². The van der Waals surface area contributed by atoms with Gasteiger partial charge in [-0.15, -0.1) is 11.3 Å². The lowest BCUT2D eigenvalue weighted by molar-refractivity contribution is 0.0701. The molecule has 1 aromatic heterocycles. The first-order chi connectivity index (χ1) is 6.07. The Labute approximate surface area is 80.2 Å². The highest BCUT2D eigenvalue weighted by atomic mass is 32.1. The normalized spacial score (nSPS) is 12.8. The quantitative estimate of drug-likeness (QED) is 0.670. The van der Waals surface area contributed by atoms with E-state index in [4.69, 9.17) is 16.6 Å². The lowest BCUT2D eigenvalue weighted by atomic mass is 10.1. The average Bonchev–Trinajstić information content (AvgIpc) is 2.46. The molecule has 1 unspecified atom stereocenters. The minimum Gasteiger partial charge on any atom is -0.477 e. The lowest BCUT2D eigenvalue weighted by Crippen LogP contribution is -2.21. The van der Waals surface area contributed by atoms with Crippen LogP contribution in [0, 0.1) is 6.92 Å². The van der Waals surface area contributed by atoms with E-state index in [1.54, 1.807) is 12.3 Å². The Hall–Kier alpha value is -0.910. The van der Waals surface area contributed by atoms with Gasteiger partial charge in [0, 0.05) is 12.6 Å². The third-order valence-electron chi connectivity index (χ3n) is 1.92. The van der Waals surface area contributed by atoms with E-state index < -0.39 is 5.97 Å². The largest absolute Gasteiger partial charge is 0.477 e. The Morgan fingerprint density at radius 2 is 2.38 bits per heavy atom. The van der Waals surface area contributed by atoms with E-state index in [0.717, 1.165) is 11.1 Å². The van der Waals surface area contributed by atoms with Gasteiger partial charge in [-0.2, -0.15) is 0 Å². The summed E-state index contributed by atoms with van der Waals surface area (Å²) in [6.45, 7) is 2.08. The highest BCUT2D eigenvalue weighted by Gasteiger charge is 2.16. The molecule has 0 aliphatic rings. The SMILES string of the molecule is Cc1c(C(N)CN)csc1C(=O)O. The molecule has 5 heteroatoms. The molecule has 13 heavy (non-hydrogen) atoms. The fraction of sp³-hybridized carbons (Fsp3) is 0.375. The maximum Gasteiger partial charge on any atom is 0.346 e. The van der Waals surface area contributed by atoms with Crippen LogP contribution in [0.15, 0.2) is 5.38 Å². The molecule has 0 aliphatic heterocycles. The maximum atomic E-state index is 10.7. The molecule has 0 amide bonds. The van der Waals surface area contributed by atoms with Gasteiger partial charge in [0.2, 0.25) is 0 Å². The molecule has 1 heterocycles. The molecule has 72 valence electrons. The fourth-order valence-electron chi connectivity index (χ4n) is 1.13. The predicted octanol–water partition coefficient (Wildman–Crippen LogP) is 0.713. The summed E-state index contributed by atoms with van der Waals surface area (Å²) >= 11 is 1.19. The zero-order chi connectivity index (χ0) is 10.0. The van der Waals surface area contributed by atoms with Crippen LogP contribution in [0.3, 0.4) is 0 Å². The van der Waals surface area contributed by atoms with Crippen molar-refractivity contribution in [1.29, 1.82) is 0 Å². The molecular weight excluding hydrogens is 188 g/mol. The van der Waals surface area contributed by atoms with Gasteiger partial charge in [0.25, 0.3) is 0 Å². The van der Waals surface area contributed by atoms with Gasteiger partial charge in [-0.25, -0.2) is 4.79 Å². The Morgan fingerprint density at radius 1 is 1.77 bits per heavy atom. The summed E-state index contributed by atoms with van der Waals surface area (Å²) in [6, 6.07) is -0.260. The molecule has 0 aromatic carbocycles. The number of nitrogens with two attached hydrogens (primary N) is 2. The van der Waals surface area contributed by atoms with Crippen molar-refractivity contribution in [3.8, 4) is 0 Å². The fourth-order valence-corrected chi connectivity index (χ4v) is 2.13. The summed E-state index contributed by atoms with van der Waals surface area (Å²) in [4.78, 5) is 11.0. The highest BCUT2D eigenvalue weighted by molar-refractivity contribution is 7.12. The van der Waals surface area contributed by atoms with Gasteiger partial charge < -0.3 is 16.6 Å². The standard InChI is InChI=1S/C8H12N2O2S/c1-4-5(6(10)2-9)3-13-7(4)8(11)12/h3,6H,2,9-10H2,1H3,(H,11,12). The number of carboxylic acids is 1. The van der Waals surface area contributed by atoms with Crippen LogP contribution < -0.4 is 11.5 Å². The maximum absolute atomic E-state index is 10.7. The van der Waals surface area contributed by atoms with Crippen LogP contribution in [0.2, 0.25) is 0 Å². The zero-order valence-electron chi connectivity index (χ0n) is 7.28. The first kappa shape index (κ1) is 10.2. The van der Waals surface area contributed by atoms with Crippen LogP contribution in [-0.2, 0) is 0 Å². The second kappa shape index (κ2) is 3.87. The van der Waals surface area contributed by atoms with Crippen molar-refractivity contribution in [3.63, 3.8) is 0 Å². The second-order valence-corrected chi connectivity index (χ2v) is 3.67. The van der Waals surface area contributed by atoms with Crippen molar-refractivity contribution >= 4 is 17.3 Å². The molecule has 4 nitrogen and oxygen atoms in total. The van der Waals surface area contributed by atoms with Gasteiger partial charge in [0.05, 0.1) is 0 Å². The highest BCUT2D eigenvalue weighted by Crippen LogP contribution is 2.25. The number of carboxylic acid groups (broad SMARTS) is 1. The number of aromatic carboxylic acids is 1. The van der Waals surface area contributed by atoms with Gasteiger partial charge >= 0.3 is 5.97 Å².